The molecule has 0 saturated heterocycles. The Bertz CT molecular complexity index is 440. The van der Waals surface area contributed by atoms with Crippen LogP contribution in [0.25, 0.3) is 0 Å². The highest BCUT2D eigenvalue weighted by atomic mass is 16.2. The molecule has 1 aromatic carbocycles. The van der Waals surface area contributed by atoms with E-state index in [1.807, 2.05) is 18.2 Å². The third kappa shape index (κ3) is 2.09. The third-order valence-electron chi connectivity index (χ3n) is 4.34. The summed E-state index contributed by atoms with van der Waals surface area (Å²) in [7, 11) is 0. The molecular weight excluding hydrogens is 224 g/mol. The van der Waals surface area contributed by atoms with Gasteiger partial charge in [-0.05, 0) is 29.9 Å². The summed E-state index contributed by atoms with van der Waals surface area (Å²) in [6, 6.07) is 8.06. The number of carbonyl (C=O) groups is 1. The maximum Gasteiger partial charge on any atom is 0.242 e. The van der Waals surface area contributed by atoms with Gasteiger partial charge in [-0.2, -0.15) is 0 Å². The Balaban J connectivity index is 1.56. The first-order valence-corrected chi connectivity index (χ1v) is 6.78. The second-order valence-corrected chi connectivity index (χ2v) is 5.94. The number of anilines is 1. The predicted molar refractivity (Wildman–Crippen MR) is 72.5 cm³/mol. The molecule has 3 heteroatoms. The van der Waals surface area contributed by atoms with Crippen LogP contribution in [0.5, 0.6) is 0 Å². The molecular formula is C15H20N2O. The van der Waals surface area contributed by atoms with Crippen molar-refractivity contribution in [1.29, 1.82) is 0 Å². The molecule has 0 bridgehead atoms. The van der Waals surface area contributed by atoms with Gasteiger partial charge in [-0.25, -0.2) is 0 Å². The molecule has 3 rings (SSSR count). The van der Waals surface area contributed by atoms with Gasteiger partial charge < -0.3 is 10.6 Å². The van der Waals surface area contributed by atoms with Crippen LogP contribution in [-0.4, -0.2) is 18.5 Å². The molecule has 96 valence electrons. The van der Waals surface area contributed by atoms with Crippen molar-refractivity contribution < 1.29 is 4.79 Å². The van der Waals surface area contributed by atoms with Crippen molar-refractivity contribution in [2.45, 2.75) is 38.6 Å². The molecule has 0 spiro atoms. The monoisotopic (exact) mass is 244 g/mol. The Labute approximate surface area is 108 Å². The molecule has 1 aliphatic heterocycles. The number of hydrogen-bond acceptors (Lipinski definition) is 2. The van der Waals surface area contributed by atoms with Gasteiger partial charge in [0, 0.05) is 18.7 Å². The van der Waals surface area contributed by atoms with Gasteiger partial charge in [0.15, 0.2) is 0 Å². The van der Waals surface area contributed by atoms with Gasteiger partial charge in [0.2, 0.25) is 5.91 Å². The molecule has 1 amide bonds. The first-order valence-electron chi connectivity index (χ1n) is 6.78. The molecule has 1 heterocycles. The minimum atomic E-state index is -0.0916. The van der Waals surface area contributed by atoms with E-state index in [1.54, 1.807) is 0 Å². The first-order chi connectivity index (χ1) is 8.66. The lowest BCUT2D eigenvalue weighted by molar-refractivity contribution is -0.122. The Hall–Kier alpha value is -1.51. The minimum Gasteiger partial charge on any atom is -0.373 e. The SMILES string of the molecule is CC1(CNC(=O)[C@@H]2Cc3ccccc3N2)CCC1. The van der Waals surface area contributed by atoms with E-state index < -0.39 is 0 Å². The number of carbonyl (C=O) groups excluding carboxylic acids is 1. The molecule has 2 N–H and O–H groups in total. The van der Waals surface area contributed by atoms with E-state index in [-0.39, 0.29) is 11.9 Å². The first kappa shape index (κ1) is 11.6. The smallest absolute Gasteiger partial charge is 0.242 e. The highest BCUT2D eigenvalue weighted by Crippen LogP contribution is 2.39. The summed E-state index contributed by atoms with van der Waals surface area (Å²) in [5.41, 5.74) is 2.70. The minimum absolute atomic E-state index is 0.0916. The Kier molecular flexibility index (Phi) is 2.77. The maximum absolute atomic E-state index is 12.1. The molecule has 1 saturated carbocycles. The lowest BCUT2D eigenvalue weighted by atomic mass is 9.70. The summed E-state index contributed by atoms with van der Waals surface area (Å²) in [5, 5.41) is 6.39. The summed E-state index contributed by atoms with van der Waals surface area (Å²) < 4.78 is 0. The van der Waals surface area contributed by atoms with E-state index in [0.29, 0.717) is 5.41 Å². The van der Waals surface area contributed by atoms with Crippen molar-refractivity contribution >= 4 is 11.6 Å². The number of rotatable bonds is 3. The maximum atomic E-state index is 12.1. The highest BCUT2D eigenvalue weighted by molar-refractivity contribution is 5.87. The summed E-state index contributed by atoms with van der Waals surface area (Å²) in [5.74, 6) is 0.138. The molecule has 1 aromatic rings. The van der Waals surface area contributed by atoms with Gasteiger partial charge in [0.25, 0.3) is 0 Å². The zero-order chi connectivity index (χ0) is 12.6. The second kappa shape index (κ2) is 4.30. The van der Waals surface area contributed by atoms with Gasteiger partial charge >= 0.3 is 0 Å². The quantitative estimate of drug-likeness (QED) is 0.857. The molecule has 18 heavy (non-hydrogen) atoms. The number of para-hydroxylation sites is 1. The predicted octanol–water partition coefficient (Wildman–Crippen LogP) is 2.33. The molecule has 3 nitrogen and oxygen atoms in total. The van der Waals surface area contributed by atoms with E-state index in [4.69, 9.17) is 0 Å². The zero-order valence-corrected chi connectivity index (χ0v) is 10.8. The molecule has 1 fully saturated rings. The largest absolute Gasteiger partial charge is 0.373 e. The fraction of sp³-hybridized carbons (Fsp3) is 0.533. The molecule has 1 aliphatic carbocycles. The number of fused-ring (bicyclic) bond motifs is 1. The Morgan fingerprint density at radius 1 is 1.44 bits per heavy atom. The molecule has 0 radical (unpaired) electrons. The third-order valence-corrected chi connectivity index (χ3v) is 4.34. The van der Waals surface area contributed by atoms with Crippen molar-refractivity contribution in [2.24, 2.45) is 5.41 Å². The molecule has 0 unspecified atom stereocenters. The standard InChI is InChI=1S/C15H20N2O/c1-15(7-4-8-15)10-16-14(18)13-9-11-5-2-3-6-12(11)17-13/h2-3,5-6,13,17H,4,7-10H2,1H3,(H,16,18)/t13-/m0/s1. The fourth-order valence-electron chi connectivity index (χ4n) is 2.84. The van der Waals surface area contributed by atoms with E-state index in [0.717, 1.165) is 18.7 Å². The van der Waals surface area contributed by atoms with Gasteiger partial charge in [-0.1, -0.05) is 31.5 Å². The van der Waals surface area contributed by atoms with Crippen LogP contribution in [0.4, 0.5) is 5.69 Å². The second-order valence-electron chi connectivity index (χ2n) is 5.94. The van der Waals surface area contributed by atoms with E-state index in [1.165, 1.54) is 24.8 Å². The van der Waals surface area contributed by atoms with Crippen LogP contribution in [0.15, 0.2) is 24.3 Å². The van der Waals surface area contributed by atoms with Crippen LogP contribution in [-0.2, 0) is 11.2 Å². The van der Waals surface area contributed by atoms with Crippen LogP contribution in [0.2, 0.25) is 0 Å². The van der Waals surface area contributed by atoms with Crippen molar-refractivity contribution in [1.82, 2.24) is 5.32 Å². The molecule has 1 atom stereocenters. The van der Waals surface area contributed by atoms with Gasteiger partial charge in [0.05, 0.1) is 0 Å². The summed E-state index contributed by atoms with van der Waals surface area (Å²) in [6.07, 6.45) is 4.59. The van der Waals surface area contributed by atoms with E-state index in [2.05, 4.69) is 23.6 Å². The number of nitrogens with one attached hydrogen (secondary N) is 2. The molecule has 0 aromatic heterocycles. The van der Waals surface area contributed by atoms with Crippen molar-refractivity contribution in [2.75, 3.05) is 11.9 Å². The van der Waals surface area contributed by atoms with E-state index >= 15 is 0 Å². The average Bonchev–Trinajstić information content (AvgIpc) is 2.77. The zero-order valence-electron chi connectivity index (χ0n) is 10.8. The highest BCUT2D eigenvalue weighted by Gasteiger charge is 2.33. The Morgan fingerprint density at radius 3 is 2.89 bits per heavy atom. The van der Waals surface area contributed by atoms with Crippen LogP contribution < -0.4 is 10.6 Å². The van der Waals surface area contributed by atoms with Gasteiger partial charge in [-0.3, -0.25) is 4.79 Å². The number of hydrogen-bond donors (Lipinski definition) is 2. The summed E-state index contributed by atoms with van der Waals surface area (Å²) in [6.45, 7) is 3.08. The lowest BCUT2D eigenvalue weighted by Crippen LogP contribution is -2.45. The number of amides is 1. The number of benzene rings is 1. The summed E-state index contributed by atoms with van der Waals surface area (Å²) in [4.78, 5) is 12.1. The van der Waals surface area contributed by atoms with Crippen LogP contribution >= 0.6 is 0 Å². The van der Waals surface area contributed by atoms with Gasteiger partial charge in [0.1, 0.15) is 6.04 Å². The Morgan fingerprint density at radius 2 is 2.22 bits per heavy atom. The van der Waals surface area contributed by atoms with Crippen LogP contribution in [0.1, 0.15) is 31.7 Å². The average molecular weight is 244 g/mol. The normalized spacial score (nSPS) is 23.7. The van der Waals surface area contributed by atoms with Crippen molar-refractivity contribution in [3.8, 4) is 0 Å². The van der Waals surface area contributed by atoms with Crippen LogP contribution in [0, 0.1) is 5.41 Å². The molecule has 2 aliphatic rings. The van der Waals surface area contributed by atoms with Crippen LogP contribution in [0.3, 0.4) is 0 Å². The van der Waals surface area contributed by atoms with Crippen molar-refractivity contribution in [3.05, 3.63) is 29.8 Å². The topological polar surface area (TPSA) is 41.1 Å². The lowest BCUT2D eigenvalue weighted by Gasteiger charge is -2.38. The van der Waals surface area contributed by atoms with E-state index in [9.17, 15) is 4.79 Å². The van der Waals surface area contributed by atoms with Gasteiger partial charge in [-0.15, -0.1) is 0 Å². The summed E-state index contributed by atoms with van der Waals surface area (Å²) >= 11 is 0. The fourth-order valence-corrected chi connectivity index (χ4v) is 2.84. The van der Waals surface area contributed by atoms with Crippen molar-refractivity contribution in [3.63, 3.8) is 0 Å².